The minimum atomic E-state index is -0.806. The monoisotopic (exact) mass is 364 g/mol. The van der Waals surface area contributed by atoms with E-state index in [1.165, 1.54) is 4.90 Å². The molecule has 1 aromatic rings. The second kappa shape index (κ2) is 7.45. The Morgan fingerprint density at radius 1 is 1.31 bits per heavy atom. The Labute approximate surface area is 152 Å². The highest BCUT2D eigenvalue weighted by molar-refractivity contribution is 6.04. The summed E-state index contributed by atoms with van der Waals surface area (Å²) in [6.45, 7) is 9.52. The van der Waals surface area contributed by atoms with Gasteiger partial charge in [-0.1, -0.05) is 0 Å². The van der Waals surface area contributed by atoms with Gasteiger partial charge in [0.1, 0.15) is 11.9 Å². The summed E-state index contributed by atoms with van der Waals surface area (Å²) in [5.41, 5.74) is 0. The Balaban J connectivity index is 2.06. The molecule has 1 aromatic heterocycles. The van der Waals surface area contributed by atoms with Gasteiger partial charge < -0.3 is 19.1 Å². The molecule has 0 bridgehead atoms. The molecule has 0 aromatic carbocycles. The standard InChI is InChI=1S/C17H24N4O5/c1-5-25-17(23)10(2)21-15-13(26-11(3)16(21)22)14(18-12(4)19-15)20-6-8-24-9-7-20/h10-11H,5-9H2,1-4H3. The number of aryl methyl sites for hydroxylation is 1. The zero-order valence-electron chi connectivity index (χ0n) is 15.5. The van der Waals surface area contributed by atoms with E-state index in [0.29, 0.717) is 49.5 Å². The molecule has 1 fully saturated rings. The number of nitrogens with zero attached hydrogens (tertiary/aromatic N) is 4. The van der Waals surface area contributed by atoms with Crippen LogP contribution in [0.3, 0.4) is 0 Å². The van der Waals surface area contributed by atoms with E-state index < -0.39 is 18.1 Å². The molecule has 2 unspecified atom stereocenters. The Kier molecular flexibility index (Phi) is 5.26. The first kappa shape index (κ1) is 18.4. The lowest BCUT2D eigenvalue weighted by atomic mass is 10.2. The summed E-state index contributed by atoms with van der Waals surface area (Å²) in [6.07, 6.45) is -0.745. The number of aromatic nitrogens is 2. The van der Waals surface area contributed by atoms with Crippen LogP contribution in [0.2, 0.25) is 0 Å². The van der Waals surface area contributed by atoms with Crippen molar-refractivity contribution in [3.05, 3.63) is 5.82 Å². The summed E-state index contributed by atoms with van der Waals surface area (Å²) in [6, 6.07) is -0.806. The van der Waals surface area contributed by atoms with E-state index in [-0.39, 0.29) is 12.5 Å². The van der Waals surface area contributed by atoms with Crippen LogP contribution in [0, 0.1) is 6.92 Å². The maximum atomic E-state index is 12.7. The molecule has 0 aliphatic carbocycles. The van der Waals surface area contributed by atoms with Crippen molar-refractivity contribution in [2.75, 3.05) is 42.7 Å². The quantitative estimate of drug-likeness (QED) is 0.720. The van der Waals surface area contributed by atoms with Crippen molar-refractivity contribution in [2.24, 2.45) is 0 Å². The van der Waals surface area contributed by atoms with Crippen molar-refractivity contribution in [3.8, 4) is 5.75 Å². The number of hydrogen-bond acceptors (Lipinski definition) is 8. The molecule has 1 saturated heterocycles. The summed E-state index contributed by atoms with van der Waals surface area (Å²) in [4.78, 5) is 37.3. The van der Waals surface area contributed by atoms with Crippen molar-refractivity contribution in [3.63, 3.8) is 0 Å². The van der Waals surface area contributed by atoms with Crippen LogP contribution in [-0.4, -0.2) is 66.9 Å². The first-order valence-corrected chi connectivity index (χ1v) is 8.81. The maximum Gasteiger partial charge on any atom is 0.329 e. The molecule has 0 saturated carbocycles. The van der Waals surface area contributed by atoms with Gasteiger partial charge in [-0.15, -0.1) is 0 Å². The summed E-state index contributed by atoms with van der Waals surface area (Å²) in [7, 11) is 0. The van der Waals surface area contributed by atoms with Crippen LogP contribution >= 0.6 is 0 Å². The second-order valence-corrected chi connectivity index (χ2v) is 6.24. The number of ether oxygens (including phenoxy) is 3. The molecule has 9 nitrogen and oxygen atoms in total. The molecule has 9 heteroatoms. The average Bonchev–Trinajstić information content (AvgIpc) is 2.63. The van der Waals surface area contributed by atoms with Crippen LogP contribution in [0.15, 0.2) is 0 Å². The number of carbonyl (C=O) groups excluding carboxylic acids is 2. The topological polar surface area (TPSA) is 94.1 Å². The normalized spacial score (nSPS) is 21.1. The Hall–Kier alpha value is -2.42. The Morgan fingerprint density at radius 3 is 2.62 bits per heavy atom. The molecule has 0 spiro atoms. The van der Waals surface area contributed by atoms with Gasteiger partial charge in [0, 0.05) is 13.1 Å². The van der Waals surface area contributed by atoms with Crippen molar-refractivity contribution >= 4 is 23.5 Å². The van der Waals surface area contributed by atoms with Crippen LogP contribution in [-0.2, 0) is 19.1 Å². The molecule has 2 atom stereocenters. The van der Waals surface area contributed by atoms with Crippen LogP contribution in [0.4, 0.5) is 11.6 Å². The van der Waals surface area contributed by atoms with Crippen LogP contribution in [0.1, 0.15) is 26.6 Å². The van der Waals surface area contributed by atoms with Gasteiger partial charge in [-0.3, -0.25) is 9.69 Å². The van der Waals surface area contributed by atoms with E-state index in [2.05, 4.69) is 9.97 Å². The molecule has 0 radical (unpaired) electrons. The number of carbonyl (C=O) groups is 2. The smallest absolute Gasteiger partial charge is 0.329 e. The molecule has 2 aliphatic heterocycles. The second-order valence-electron chi connectivity index (χ2n) is 6.24. The van der Waals surface area contributed by atoms with E-state index in [0.717, 1.165) is 0 Å². The van der Waals surface area contributed by atoms with Crippen molar-refractivity contribution in [1.29, 1.82) is 0 Å². The molecule has 3 heterocycles. The van der Waals surface area contributed by atoms with Crippen LogP contribution in [0.25, 0.3) is 0 Å². The van der Waals surface area contributed by atoms with Gasteiger partial charge in [-0.2, -0.15) is 0 Å². The van der Waals surface area contributed by atoms with Crippen molar-refractivity contribution in [1.82, 2.24) is 9.97 Å². The fourth-order valence-corrected chi connectivity index (χ4v) is 3.06. The molecule has 142 valence electrons. The molecule has 3 rings (SSSR count). The van der Waals surface area contributed by atoms with Gasteiger partial charge in [-0.25, -0.2) is 14.8 Å². The highest BCUT2D eigenvalue weighted by Crippen LogP contribution is 2.40. The summed E-state index contributed by atoms with van der Waals surface area (Å²) >= 11 is 0. The summed E-state index contributed by atoms with van der Waals surface area (Å²) < 4.78 is 16.3. The highest BCUT2D eigenvalue weighted by Gasteiger charge is 2.41. The third-order valence-corrected chi connectivity index (χ3v) is 4.38. The predicted molar refractivity (Wildman–Crippen MR) is 93.5 cm³/mol. The number of morpholine rings is 1. The minimum absolute atomic E-state index is 0.242. The van der Waals surface area contributed by atoms with Gasteiger partial charge >= 0.3 is 5.97 Å². The third-order valence-electron chi connectivity index (χ3n) is 4.38. The van der Waals surface area contributed by atoms with Gasteiger partial charge in [0.2, 0.25) is 5.75 Å². The molecule has 2 aliphatic rings. The van der Waals surface area contributed by atoms with Gasteiger partial charge in [0.25, 0.3) is 5.91 Å². The Bertz CT molecular complexity index is 705. The molecule has 0 N–H and O–H groups in total. The number of fused-ring (bicyclic) bond motifs is 1. The predicted octanol–water partition coefficient (Wildman–Crippen LogP) is 0.687. The van der Waals surface area contributed by atoms with Crippen LogP contribution in [0.5, 0.6) is 5.75 Å². The first-order valence-electron chi connectivity index (χ1n) is 8.81. The lowest BCUT2D eigenvalue weighted by Gasteiger charge is -2.37. The van der Waals surface area contributed by atoms with E-state index in [1.54, 1.807) is 27.7 Å². The van der Waals surface area contributed by atoms with Crippen LogP contribution < -0.4 is 14.5 Å². The van der Waals surface area contributed by atoms with Gasteiger partial charge in [-0.05, 0) is 27.7 Å². The van der Waals surface area contributed by atoms with Gasteiger partial charge in [0.05, 0.1) is 19.8 Å². The lowest BCUT2D eigenvalue weighted by Crippen LogP contribution is -2.53. The van der Waals surface area contributed by atoms with E-state index in [9.17, 15) is 9.59 Å². The van der Waals surface area contributed by atoms with E-state index >= 15 is 0 Å². The number of amides is 1. The highest BCUT2D eigenvalue weighted by atomic mass is 16.5. The molecule has 1 amide bonds. The number of hydrogen-bond donors (Lipinski definition) is 0. The molecular formula is C17H24N4O5. The summed E-state index contributed by atoms with van der Waals surface area (Å²) in [5.74, 6) is 1.03. The largest absolute Gasteiger partial charge is 0.473 e. The Morgan fingerprint density at radius 2 is 1.96 bits per heavy atom. The number of esters is 1. The fourth-order valence-electron chi connectivity index (χ4n) is 3.06. The number of rotatable bonds is 4. The SMILES string of the molecule is CCOC(=O)C(C)N1C(=O)C(C)Oc2c(N3CCOCC3)nc(C)nc21. The minimum Gasteiger partial charge on any atom is -0.473 e. The fraction of sp³-hybridized carbons (Fsp3) is 0.647. The zero-order chi connectivity index (χ0) is 18.8. The summed E-state index contributed by atoms with van der Waals surface area (Å²) in [5, 5.41) is 0. The number of anilines is 2. The maximum absolute atomic E-state index is 12.7. The lowest BCUT2D eigenvalue weighted by molar-refractivity contribution is -0.146. The average molecular weight is 364 g/mol. The molecular weight excluding hydrogens is 340 g/mol. The van der Waals surface area contributed by atoms with Gasteiger partial charge in [0.15, 0.2) is 17.7 Å². The zero-order valence-corrected chi connectivity index (χ0v) is 15.5. The van der Waals surface area contributed by atoms with E-state index in [4.69, 9.17) is 14.2 Å². The first-order chi connectivity index (χ1) is 12.4. The van der Waals surface area contributed by atoms with Crippen molar-refractivity contribution in [2.45, 2.75) is 39.8 Å². The van der Waals surface area contributed by atoms with Crippen molar-refractivity contribution < 1.29 is 23.8 Å². The van der Waals surface area contributed by atoms with E-state index in [1.807, 2.05) is 4.90 Å². The molecule has 26 heavy (non-hydrogen) atoms. The third kappa shape index (κ3) is 3.31.